The van der Waals surface area contributed by atoms with E-state index in [1.165, 1.54) is 29.5 Å². The van der Waals surface area contributed by atoms with Crippen LogP contribution in [0.2, 0.25) is 0 Å². The molecule has 0 atom stereocenters. The maximum Gasteiger partial charge on any atom is 0.274 e. The number of nitrogens with zero attached hydrogens (tertiary/aromatic N) is 3. The van der Waals surface area contributed by atoms with Crippen molar-refractivity contribution in [3.05, 3.63) is 103 Å². The number of hydrogen-bond donors (Lipinski definition) is 0. The third-order valence-corrected chi connectivity index (χ3v) is 6.24. The number of para-hydroxylation sites is 2. The van der Waals surface area contributed by atoms with Gasteiger partial charge in [-0.1, -0.05) is 41.2 Å². The van der Waals surface area contributed by atoms with E-state index >= 15 is 0 Å². The van der Waals surface area contributed by atoms with E-state index in [2.05, 4.69) is 4.98 Å². The van der Waals surface area contributed by atoms with Crippen molar-refractivity contribution in [2.24, 2.45) is 0 Å². The van der Waals surface area contributed by atoms with Gasteiger partial charge in [-0.15, -0.1) is 0 Å². The molecule has 0 fully saturated rings. The van der Waals surface area contributed by atoms with Gasteiger partial charge in [0.1, 0.15) is 24.7 Å². The first kappa shape index (κ1) is 21.6. The third-order valence-electron chi connectivity index (χ3n) is 5.27. The molecule has 5 aromatic rings. The van der Waals surface area contributed by atoms with Gasteiger partial charge in [0.25, 0.3) is 11.2 Å². The van der Waals surface area contributed by atoms with Crippen molar-refractivity contribution in [2.75, 3.05) is 13.2 Å². The second kappa shape index (κ2) is 8.95. The highest BCUT2D eigenvalue weighted by Gasteiger charge is 2.14. The number of imidazole rings is 1. The van der Waals surface area contributed by atoms with E-state index in [0.29, 0.717) is 27.4 Å². The van der Waals surface area contributed by atoms with Crippen LogP contribution in [-0.4, -0.2) is 27.5 Å². The first-order valence-corrected chi connectivity index (χ1v) is 11.3. The highest BCUT2D eigenvalue weighted by Crippen LogP contribution is 2.25. The lowest BCUT2D eigenvalue weighted by Crippen LogP contribution is -2.22. The summed E-state index contributed by atoms with van der Waals surface area (Å²) in [6.07, 6.45) is 1.61. The van der Waals surface area contributed by atoms with Gasteiger partial charge in [-0.3, -0.25) is 14.9 Å². The number of thiazole rings is 1. The number of benzene rings is 3. The molecule has 0 N–H and O–H groups in total. The molecular formula is C25H19N3O5S. The van der Waals surface area contributed by atoms with Gasteiger partial charge in [0.15, 0.2) is 4.96 Å². The topological polar surface area (TPSA) is 96.0 Å². The Morgan fingerprint density at radius 1 is 1.06 bits per heavy atom. The Kier molecular flexibility index (Phi) is 5.69. The van der Waals surface area contributed by atoms with Crippen LogP contribution in [0.15, 0.2) is 71.5 Å². The molecule has 170 valence electrons. The number of aryl methyl sites for hydroxylation is 1. The summed E-state index contributed by atoms with van der Waals surface area (Å²) >= 11 is 1.23. The quantitative estimate of drug-likeness (QED) is 0.200. The van der Waals surface area contributed by atoms with Crippen LogP contribution in [-0.2, 0) is 0 Å². The maximum atomic E-state index is 13.1. The largest absolute Gasteiger partial charge is 0.490 e. The Bertz CT molecular complexity index is 1620. The minimum Gasteiger partial charge on any atom is -0.490 e. The molecule has 0 radical (unpaired) electrons. The average molecular weight is 474 g/mol. The summed E-state index contributed by atoms with van der Waals surface area (Å²) in [5.74, 6) is 1.16. The van der Waals surface area contributed by atoms with Crippen LogP contribution < -0.4 is 19.6 Å². The molecule has 0 saturated carbocycles. The molecule has 0 spiro atoms. The fourth-order valence-corrected chi connectivity index (χ4v) is 4.57. The highest BCUT2D eigenvalue weighted by atomic mass is 32.1. The third kappa shape index (κ3) is 4.20. The number of ether oxygens (including phenoxy) is 2. The molecule has 8 nitrogen and oxygen atoms in total. The minimum absolute atomic E-state index is 0.0891. The number of hydrogen-bond acceptors (Lipinski definition) is 7. The number of fused-ring (bicyclic) bond motifs is 3. The van der Waals surface area contributed by atoms with Gasteiger partial charge in [0, 0.05) is 17.7 Å². The van der Waals surface area contributed by atoms with E-state index < -0.39 is 4.92 Å². The predicted octanol–water partition coefficient (Wildman–Crippen LogP) is 4.13. The van der Waals surface area contributed by atoms with Crippen molar-refractivity contribution in [1.29, 1.82) is 0 Å². The van der Waals surface area contributed by atoms with E-state index in [4.69, 9.17) is 9.47 Å². The summed E-state index contributed by atoms with van der Waals surface area (Å²) in [4.78, 5) is 29.0. The van der Waals surface area contributed by atoms with Crippen LogP contribution in [0.4, 0.5) is 5.69 Å². The van der Waals surface area contributed by atoms with E-state index in [1.807, 2.05) is 55.5 Å². The summed E-state index contributed by atoms with van der Waals surface area (Å²) in [6.45, 7) is 2.53. The number of nitro groups is 1. The highest BCUT2D eigenvalue weighted by molar-refractivity contribution is 7.15. The average Bonchev–Trinajstić information content (AvgIpc) is 3.34. The molecule has 5 rings (SSSR count). The fourth-order valence-electron chi connectivity index (χ4n) is 3.59. The van der Waals surface area contributed by atoms with Crippen LogP contribution in [0.3, 0.4) is 0 Å². The maximum absolute atomic E-state index is 13.1. The molecule has 0 aliphatic carbocycles. The number of nitro benzene ring substituents is 1. The first-order chi connectivity index (χ1) is 16.5. The Balaban J connectivity index is 1.45. The lowest BCUT2D eigenvalue weighted by molar-refractivity contribution is -0.384. The van der Waals surface area contributed by atoms with Crippen molar-refractivity contribution in [1.82, 2.24) is 9.38 Å². The number of non-ortho nitro benzene ring substituents is 1. The van der Waals surface area contributed by atoms with Gasteiger partial charge in [0.05, 0.1) is 20.5 Å². The van der Waals surface area contributed by atoms with Crippen LogP contribution in [0.25, 0.3) is 22.1 Å². The number of rotatable bonds is 7. The minimum atomic E-state index is -0.478. The Hall–Kier alpha value is -4.24. The molecule has 2 aromatic heterocycles. The molecule has 0 unspecified atom stereocenters. The lowest BCUT2D eigenvalue weighted by Gasteiger charge is -2.10. The normalized spacial score (nSPS) is 11.9. The lowest BCUT2D eigenvalue weighted by atomic mass is 10.1. The molecule has 2 heterocycles. The van der Waals surface area contributed by atoms with E-state index in [1.54, 1.807) is 10.5 Å². The second-order valence-corrected chi connectivity index (χ2v) is 8.63. The molecule has 34 heavy (non-hydrogen) atoms. The van der Waals surface area contributed by atoms with Gasteiger partial charge in [-0.2, -0.15) is 0 Å². The van der Waals surface area contributed by atoms with Gasteiger partial charge >= 0.3 is 0 Å². The summed E-state index contributed by atoms with van der Waals surface area (Å²) in [6, 6.07) is 19.4. The molecule has 9 heteroatoms. The summed E-state index contributed by atoms with van der Waals surface area (Å²) < 4.78 is 13.5. The van der Waals surface area contributed by atoms with Crippen LogP contribution in [0.1, 0.15) is 11.1 Å². The van der Waals surface area contributed by atoms with Crippen molar-refractivity contribution in [3.8, 4) is 11.5 Å². The number of aromatic nitrogens is 2. The zero-order valence-corrected chi connectivity index (χ0v) is 19.0. The summed E-state index contributed by atoms with van der Waals surface area (Å²) in [5.41, 5.74) is 2.73. The zero-order valence-electron chi connectivity index (χ0n) is 18.1. The van der Waals surface area contributed by atoms with Crippen LogP contribution in [0.5, 0.6) is 11.5 Å². The Morgan fingerprint density at radius 3 is 2.62 bits per heavy atom. The van der Waals surface area contributed by atoms with E-state index in [0.717, 1.165) is 22.3 Å². The van der Waals surface area contributed by atoms with Crippen molar-refractivity contribution in [3.63, 3.8) is 0 Å². The second-order valence-electron chi connectivity index (χ2n) is 7.62. The monoisotopic (exact) mass is 473 g/mol. The molecule has 3 aromatic carbocycles. The van der Waals surface area contributed by atoms with Crippen LogP contribution in [0, 0.1) is 17.0 Å². The van der Waals surface area contributed by atoms with E-state index in [-0.39, 0.29) is 17.9 Å². The molecule has 0 saturated heterocycles. The van der Waals surface area contributed by atoms with E-state index in [9.17, 15) is 14.9 Å². The Labute approximate surface area is 197 Å². The van der Waals surface area contributed by atoms with Crippen molar-refractivity contribution < 1.29 is 14.4 Å². The molecule has 0 amide bonds. The van der Waals surface area contributed by atoms with Gasteiger partial charge in [-0.05, 0) is 43.3 Å². The smallest absolute Gasteiger partial charge is 0.274 e. The summed E-state index contributed by atoms with van der Waals surface area (Å²) in [5, 5.41) is 11.3. The van der Waals surface area contributed by atoms with Gasteiger partial charge in [0.2, 0.25) is 0 Å². The molecule has 0 aliphatic heterocycles. The SMILES string of the molecule is Cc1ccc(OCCOc2ccc([N+](=O)[O-])cc2/C=c2\sc3nc4ccccc4n3c2=O)cc1. The summed E-state index contributed by atoms with van der Waals surface area (Å²) in [7, 11) is 0. The fraction of sp³-hybridized carbons (Fsp3) is 0.120. The Morgan fingerprint density at radius 2 is 1.82 bits per heavy atom. The molecular weight excluding hydrogens is 454 g/mol. The van der Waals surface area contributed by atoms with Crippen molar-refractivity contribution >= 4 is 39.1 Å². The molecule has 0 aliphatic rings. The van der Waals surface area contributed by atoms with Gasteiger partial charge < -0.3 is 9.47 Å². The predicted molar refractivity (Wildman–Crippen MR) is 131 cm³/mol. The standard InChI is InChI=1S/C25H19N3O5S/c1-16-6-9-19(10-7-16)32-12-13-33-22-11-8-18(28(30)31)14-17(22)15-23-24(29)27-21-5-3-2-4-20(21)26-25(27)34-23/h2-11,14-15H,12-13H2,1H3/b23-15-. The first-order valence-electron chi connectivity index (χ1n) is 10.5. The van der Waals surface area contributed by atoms with Crippen molar-refractivity contribution in [2.45, 2.75) is 6.92 Å². The molecule has 0 bridgehead atoms. The van der Waals surface area contributed by atoms with Gasteiger partial charge in [-0.25, -0.2) is 9.38 Å². The zero-order chi connectivity index (χ0) is 23.7. The van der Waals surface area contributed by atoms with Crippen LogP contribution >= 0.6 is 11.3 Å².